The number of thiophene rings is 1. The summed E-state index contributed by atoms with van der Waals surface area (Å²) >= 11 is 1.42. The van der Waals surface area contributed by atoms with E-state index in [4.69, 9.17) is 4.52 Å². The highest BCUT2D eigenvalue weighted by Gasteiger charge is 2.26. The first-order valence-electron chi connectivity index (χ1n) is 7.64. The lowest BCUT2D eigenvalue weighted by Crippen LogP contribution is -2.41. The minimum Gasteiger partial charge on any atom is -0.360 e. The number of aromatic nitrogens is 1. The summed E-state index contributed by atoms with van der Waals surface area (Å²) in [5.74, 6) is 0.327. The molecule has 0 bridgehead atoms. The fourth-order valence-electron chi connectivity index (χ4n) is 2.90. The summed E-state index contributed by atoms with van der Waals surface area (Å²) in [5.41, 5.74) is 3.70. The van der Waals surface area contributed by atoms with Crippen LogP contribution in [0.3, 0.4) is 0 Å². The van der Waals surface area contributed by atoms with Crippen molar-refractivity contribution in [2.24, 2.45) is 5.92 Å². The van der Waals surface area contributed by atoms with Gasteiger partial charge in [-0.3, -0.25) is 10.2 Å². The third-order valence-corrected chi connectivity index (χ3v) is 6.82. The van der Waals surface area contributed by atoms with Crippen LogP contribution in [0.5, 0.6) is 0 Å². The molecule has 0 aromatic carbocycles. The van der Waals surface area contributed by atoms with Crippen molar-refractivity contribution in [1.82, 2.24) is 15.4 Å². The van der Waals surface area contributed by atoms with Crippen molar-refractivity contribution < 1.29 is 17.7 Å². The Kier molecular flexibility index (Phi) is 4.50. The summed E-state index contributed by atoms with van der Waals surface area (Å²) < 4.78 is 29.4. The Bertz CT molecular complexity index is 863. The van der Waals surface area contributed by atoms with E-state index in [1.54, 1.807) is 0 Å². The molecule has 3 rings (SSSR count). The van der Waals surface area contributed by atoms with E-state index in [0.29, 0.717) is 10.8 Å². The van der Waals surface area contributed by atoms with E-state index < -0.39 is 15.9 Å². The first-order chi connectivity index (χ1) is 11.3. The highest BCUT2D eigenvalue weighted by atomic mass is 32.2. The van der Waals surface area contributed by atoms with E-state index in [9.17, 15) is 13.2 Å². The number of hydrogen-bond donors (Lipinski definition) is 2. The second-order valence-corrected chi connectivity index (χ2v) is 8.88. The molecule has 130 valence electrons. The average molecular weight is 369 g/mol. The molecule has 9 heteroatoms. The SMILES string of the molecule is Cc1noc(C)c1S(=O)(=O)NNC(=O)c1cc2c(s1)CC[C@H](C)C2. The van der Waals surface area contributed by atoms with Crippen molar-refractivity contribution in [3.05, 3.63) is 32.8 Å². The molecule has 2 heterocycles. The van der Waals surface area contributed by atoms with Crippen LogP contribution in [0.15, 0.2) is 15.5 Å². The number of sulfonamides is 1. The Morgan fingerprint density at radius 1 is 1.42 bits per heavy atom. The molecule has 1 aliphatic carbocycles. The topological polar surface area (TPSA) is 101 Å². The summed E-state index contributed by atoms with van der Waals surface area (Å²) in [6.07, 6.45) is 3.05. The summed E-state index contributed by atoms with van der Waals surface area (Å²) in [4.78, 5) is 16.0. The van der Waals surface area contributed by atoms with Crippen molar-refractivity contribution in [3.63, 3.8) is 0 Å². The second kappa shape index (κ2) is 6.30. The lowest BCUT2D eigenvalue weighted by molar-refractivity contribution is 0.0949. The van der Waals surface area contributed by atoms with Crippen LogP contribution in [0.2, 0.25) is 0 Å². The van der Waals surface area contributed by atoms with Gasteiger partial charge >= 0.3 is 0 Å². The second-order valence-electron chi connectivity index (χ2n) is 6.12. The van der Waals surface area contributed by atoms with E-state index in [2.05, 4.69) is 22.3 Å². The zero-order valence-corrected chi connectivity index (χ0v) is 15.3. The van der Waals surface area contributed by atoms with Gasteiger partial charge in [-0.05, 0) is 50.7 Å². The third-order valence-electron chi connectivity index (χ3n) is 4.09. The lowest BCUT2D eigenvalue weighted by atomic mass is 9.90. The summed E-state index contributed by atoms with van der Waals surface area (Å²) in [6.45, 7) is 5.23. The monoisotopic (exact) mass is 369 g/mol. The zero-order valence-electron chi connectivity index (χ0n) is 13.7. The molecule has 1 aliphatic rings. The van der Waals surface area contributed by atoms with Gasteiger partial charge in [-0.1, -0.05) is 12.1 Å². The first-order valence-corrected chi connectivity index (χ1v) is 9.94. The fraction of sp³-hybridized carbons (Fsp3) is 0.467. The van der Waals surface area contributed by atoms with Gasteiger partial charge in [0, 0.05) is 4.88 Å². The Morgan fingerprint density at radius 3 is 2.83 bits per heavy atom. The molecule has 0 radical (unpaired) electrons. The molecule has 2 aromatic rings. The van der Waals surface area contributed by atoms with Crippen LogP contribution in [-0.4, -0.2) is 19.5 Å². The van der Waals surface area contributed by atoms with E-state index in [1.165, 1.54) is 35.6 Å². The molecule has 0 unspecified atom stereocenters. The summed E-state index contributed by atoms with van der Waals surface area (Å²) in [7, 11) is -3.93. The van der Waals surface area contributed by atoms with Crippen LogP contribution in [0.1, 0.15) is 44.9 Å². The molecule has 1 atom stereocenters. The Balaban J connectivity index is 1.72. The van der Waals surface area contributed by atoms with Crippen LogP contribution < -0.4 is 10.3 Å². The highest BCUT2D eigenvalue weighted by molar-refractivity contribution is 7.89. The predicted octanol–water partition coefficient (Wildman–Crippen LogP) is 2.10. The number of carbonyl (C=O) groups excluding carboxylic acids is 1. The molecule has 7 nitrogen and oxygen atoms in total. The van der Waals surface area contributed by atoms with E-state index in [0.717, 1.165) is 19.3 Å². The van der Waals surface area contributed by atoms with Gasteiger partial charge in [0.2, 0.25) is 0 Å². The molecule has 0 aliphatic heterocycles. The normalized spacial score (nSPS) is 17.5. The quantitative estimate of drug-likeness (QED) is 0.804. The number of aryl methyl sites for hydroxylation is 3. The number of nitrogens with zero attached hydrogens (tertiary/aromatic N) is 1. The molecule has 0 saturated heterocycles. The van der Waals surface area contributed by atoms with Crippen molar-refractivity contribution in [2.75, 3.05) is 0 Å². The lowest BCUT2D eigenvalue weighted by Gasteiger charge is -2.16. The number of hydrazine groups is 1. The van der Waals surface area contributed by atoms with E-state index in [-0.39, 0.29) is 16.3 Å². The smallest absolute Gasteiger partial charge is 0.276 e. The van der Waals surface area contributed by atoms with Gasteiger partial charge < -0.3 is 4.52 Å². The molecular formula is C15H19N3O4S2. The molecule has 1 amide bonds. The van der Waals surface area contributed by atoms with Gasteiger partial charge in [0.1, 0.15) is 10.6 Å². The van der Waals surface area contributed by atoms with Gasteiger partial charge in [-0.25, -0.2) is 8.42 Å². The number of amides is 1. The van der Waals surface area contributed by atoms with Gasteiger partial charge in [0.25, 0.3) is 15.9 Å². The number of fused-ring (bicyclic) bond motifs is 1. The highest BCUT2D eigenvalue weighted by Crippen LogP contribution is 2.32. The molecular weight excluding hydrogens is 350 g/mol. The molecule has 0 spiro atoms. The maximum absolute atomic E-state index is 12.3. The average Bonchev–Trinajstić information content (AvgIpc) is 3.08. The zero-order chi connectivity index (χ0) is 17.5. The maximum atomic E-state index is 12.3. The van der Waals surface area contributed by atoms with Crippen LogP contribution in [-0.2, 0) is 22.9 Å². The van der Waals surface area contributed by atoms with Crippen molar-refractivity contribution >= 4 is 27.3 Å². The predicted molar refractivity (Wildman–Crippen MR) is 89.3 cm³/mol. The largest absolute Gasteiger partial charge is 0.360 e. The first kappa shape index (κ1) is 17.1. The standard InChI is InChI=1S/C15H19N3O4S2/c1-8-4-5-12-11(6-8)7-13(23-12)15(19)16-18-24(20,21)14-9(2)17-22-10(14)3/h7-8,18H,4-6H2,1-3H3,(H,16,19)/t8-/m0/s1. The van der Waals surface area contributed by atoms with Gasteiger partial charge in [-0.15, -0.1) is 16.2 Å². The van der Waals surface area contributed by atoms with Crippen molar-refractivity contribution in [2.45, 2.75) is 44.9 Å². The number of rotatable bonds is 4. The van der Waals surface area contributed by atoms with Gasteiger partial charge in [-0.2, -0.15) is 0 Å². The molecule has 2 N–H and O–H groups in total. The van der Waals surface area contributed by atoms with Crippen LogP contribution in [0.25, 0.3) is 0 Å². The molecule has 0 fully saturated rings. The minimum atomic E-state index is -3.93. The number of hydrogen-bond acceptors (Lipinski definition) is 6. The van der Waals surface area contributed by atoms with Crippen molar-refractivity contribution in [1.29, 1.82) is 0 Å². The van der Waals surface area contributed by atoms with Crippen LogP contribution >= 0.6 is 11.3 Å². The third kappa shape index (κ3) is 3.24. The van der Waals surface area contributed by atoms with Crippen LogP contribution in [0, 0.1) is 19.8 Å². The summed E-state index contributed by atoms with van der Waals surface area (Å²) in [6, 6.07) is 1.86. The molecule has 2 aromatic heterocycles. The minimum absolute atomic E-state index is 0.0536. The van der Waals surface area contributed by atoms with Crippen molar-refractivity contribution in [3.8, 4) is 0 Å². The molecule has 0 saturated carbocycles. The summed E-state index contributed by atoms with van der Waals surface area (Å²) in [5, 5.41) is 3.61. The fourth-order valence-corrected chi connectivity index (χ4v) is 5.18. The van der Waals surface area contributed by atoms with Gasteiger partial charge in [0.15, 0.2) is 5.76 Å². The molecule has 24 heavy (non-hydrogen) atoms. The van der Waals surface area contributed by atoms with E-state index in [1.807, 2.05) is 6.07 Å². The van der Waals surface area contributed by atoms with Crippen LogP contribution in [0.4, 0.5) is 0 Å². The number of nitrogens with one attached hydrogen (secondary N) is 2. The van der Waals surface area contributed by atoms with Gasteiger partial charge in [0.05, 0.1) is 4.88 Å². The Labute approximate surface area is 144 Å². The maximum Gasteiger partial charge on any atom is 0.276 e. The Morgan fingerprint density at radius 2 is 2.17 bits per heavy atom. The Hall–Kier alpha value is -1.71. The number of carbonyl (C=O) groups is 1. The van der Waals surface area contributed by atoms with E-state index >= 15 is 0 Å².